The van der Waals surface area contributed by atoms with Crippen LogP contribution in [-0.2, 0) is 0 Å². The minimum absolute atomic E-state index is 0.248. The quantitative estimate of drug-likeness (QED) is 0.596. The summed E-state index contributed by atoms with van der Waals surface area (Å²) in [6, 6.07) is 2.09. The molecule has 3 N–H and O–H groups in total. The molecule has 0 aromatic carbocycles. The maximum absolute atomic E-state index is 5.59. The third kappa shape index (κ3) is 2.51. The lowest BCUT2D eigenvalue weighted by atomic mass is 9.95. The van der Waals surface area contributed by atoms with Gasteiger partial charge in [-0.2, -0.15) is 10.2 Å². The monoisotopic (exact) mass is 334 g/mol. The molecule has 0 unspecified atom stereocenters. The van der Waals surface area contributed by atoms with Crippen LogP contribution in [0.25, 0.3) is 28.2 Å². The van der Waals surface area contributed by atoms with Crippen LogP contribution in [0.1, 0.15) is 30.9 Å². The van der Waals surface area contributed by atoms with Crippen molar-refractivity contribution in [2.45, 2.75) is 26.7 Å². The molecule has 0 aliphatic carbocycles. The number of H-pyrrole nitrogens is 1. The molecule has 4 rings (SSSR count). The highest BCUT2D eigenvalue weighted by molar-refractivity contribution is 5.75. The Morgan fingerprint density at radius 3 is 2.60 bits per heavy atom. The van der Waals surface area contributed by atoms with Gasteiger partial charge in [-0.25, -0.2) is 19.5 Å². The van der Waals surface area contributed by atoms with Crippen molar-refractivity contribution in [2.24, 2.45) is 0 Å². The van der Waals surface area contributed by atoms with Gasteiger partial charge in [0.15, 0.2) is 5.65 Å². The van der Waals surface area contributed by atoms with E-state index in [0.717, 1.165) is 39.3 Å². The van der Waals surface area contributed by atoms with Gasteiger partial charge in [0, 0.05) is 35.3 Å². The van der Waals surface area contributed by atoms with E-state index in [9.17, 15) is 0 Å². The number of nitrogens with two attached hydrogens (primary N) is 1. The smallest absolute Gasteiger partial charge is 0.219 e. The van der Waals surface area contributed by atoms with Crippen molar-refractivity contribution in [3.63, 3.8) is 0 Å². The number of pyridine rings is 1. The van der Waals surface area contributed by atoms with Crippen molar-refractivity contribution < 1.29 is 0 Å². The second-order valence-electron chi connectivity index (χ2n) is 6.29. The van der Waals surface area contributed by atoms with Crippen molar-refractivity contribution in [3.8, 4) is 22.5 Å². The number of rotatable bonds is 3. The highest BCUT2D eigenvalue weighted by Crippen LogP contribution is 2.35. The minimum atomic E-state index is 0.248. The summed E-state index contributed by atoms with van der Waals surface area (Å²) in [6.07, 6.45) is 6.90. The molecule has 4 aromatic heterocycles. The largest absolute Gasteiger partial charge is 0.368 e. The highest BCUT2D eigenvalue weighted by Gasteiger charge is 2.20. The molecule has 126 valence electrons. The fourth-order valence-electron chi connectivity index (χ4n) is 3.04. The molecular formula is C17H18N8. The molecule has 0 aliphatic heterocycles. The number of fused-ring (bicyclic) bond motifs is 1. The molecule has 4 aromatic rings. The van der Waals surface area contributed by atoms with Crippen molar-refractivity contribution >= 4 is 11.6 Å². The predicted octanol–water partition coefficient (Wildman–Crippen LogP) is 2.59. The van der Waals surface area contributed by atoms with Crippen LogP contribution in [0, 0.1) is 6.92 Å². The Bertz CT molecular complexity index is 1040. The normalized spacial score (nSPS) is 11.5. The van der Waals surface area contributed by atoms with Gasteiger partial charge in [0.25, 0.3) is 0 Å². The summed E-state index contributed by atoms with van der Waals surface area (Å²) in [5.41, 5.74) is 12.2. The van der Waals surface area contributed by atoms with Crippen molar-refractivity contribution in [1.29, 1.82) is 0 Å². The van der Waals surface area contributed by atoms with E-state index in [1.54, 1.807) is 23.2 Å². The third-order valence-electron chi connectivity index (χ3n) is 4.17. The summed E-state index contributed by atoms with van der Waals surface area (Å²) in [7, 11) is 0. The molecule has 4 heterocycles. The standard InChI is InChI=1S/C17H18N8/c1-9(2)13-14(11-4-10(3)16-21-8-22-25(16)7-11)23-24-15(13)12-5-19-17(18)20-6-12/h4-9H,1-3H3,(H,23,24)(H2,18,19,20). The lowest BCUT2D eigenvalue weighted by Crippen LogP contribution is -1.97. The number of nitrogens with zero attached hydrogens (tertiary/aromatic N) is 6. The molecule has 0 bridgehead atoms. The van der Waals surface area contributed by atoms with Crippen molar-refractivity contribution in [2.75, 3.05) is 5.73 Å². The van der Waals surface area contributed by atoms with Gasteiger partial charge in [0.05, 0.1) is 11.4 Å². The molecule has 0 aliphatic rings. The van der Waals surface area contributed by atoms with Crippen LogP contribution in [0.3, 0.4) is 0 Å². The lowest BCUT2D eigenvalue weighted by Gasteiger charge is -2.10. The molecule has 0 spiro atoms. The van der Waals surface area contributed by atoms with E-state index in [1.165, 1.54) is 0 Å². The predicted molar refractivity (Wildman–Crippen MR) is 94.8 cm³/mol. The van der Waals surface area contributed by atoms with Crippen LogP contribution in [0.15, 0.2) is 31.0 Å². The average molecular weight is 334 g/mol. The molecule has 0 saturated carbocycles. The summed E-state index contributed by atoms with van der Waals surface area (Å²) in [5.74, 6) is 0.505. The number of hydrogen-bond acceptors (Lipinski definition) is 6. The van der Waals surface area contributed by atoms with E-state index in [1.807, 2.05) is 13.1 Å². The maximum Gasteiger partial charge on any atom is 0.219 e. The number of anilines is 1. The molecule has 0 atom stereocenters. The molecule has 0 fully saturated rings. The Kier molecular flexibility index (Phi) is 3.45. The second kappa shape index (κ2) is 5.66. The van der Waals surface area contributed by atoms with Gasteiger partial charge < -0.3 is 5.73 Å². The first-order valence-corrected chi connectivity index (χ1v) is 8.01. The van der Waals surface area contributed by atoms with Crippen LogP contribution in [-0.4, -0.2) is 34.8 Å². The first kappa shape index (κ1) is 15.3. The van der Waals surface area contributed by atoms with Gasteiger partial charge in [-0.1, -0.05) is 13.8 Å². The Labute approximate surface area is 144 Å². The van der Waals surface area contributed by atoms with E-state index in [0.29, 0.717) is 0 Å². The Balaban J connectivity index is 1.91. The number of nitrogen functional groups attached to an aromatic ring is 1. The van der Waals surface area contributed by atoms with Crippen molar-refractivity contribution in [1.82, 2.24) is 34.8 Å². The van der Waals surface area contributed by atoms with E-state index in [4.69, 9.17) is 5.73 Å². The van der Waals surface area contributed by atoms with Gasteiger partial charge in [0.1, 0.15) is 6.33 Å². The summed E-state index contributed by atoms with van der Waals surface area (Å²) in [6.45, 7) is 6.29. The highest BCUT2D eigenvalue weighted by atomic mass is 15.3. The number of aromatic nitrogens is 7. The first-order chi connectivity index (χ1) is 12.0. The van der Waals surface area contributed by atoms with Crippen LogP contribution >= 0.6 is 0 Å². The molecule has 0 amide bonds. The fraction of sp³-hybridized carbons (Fsp3) is 0.235. The van der Waals surface area contributed by atoms with Crippen LogP contribution in [0.2, 0.25) is 0 Å². The zero-order chi connectivity index (χ0) is 17.6. The number of nitrogens with one attached hydrogen (secondary N) is 1. The third-order valence-corrected chi connectivity index (χ3v) is 4.17. The van der Waals surface area contributed by atoms with Crippen molar-refractivity contribution in [3.05, 3.63) is 42.1 Å². The molecule has 0 saturated heterocycles. The van der Waals surface area contributed by atoms with Gasteiger partial charge >= 0.3 is 0 Å². The van der Waals surface area contributed by atoms with Gasteiger partial charge in [-0.05, 0) is 24.5 Å². The summed E-state index contributed by atoms with van der Waals surface area (Å²) in [5, 5.41) is 11.9. The Morgan fingerprint density at radius 1 is 1.12 bits per heavy atom. The minimum Gasteiger partial charge on any atom is -0.368 e. The van der Waals surface area contributed by atoms with Gasteiger partial charge in [-0.3, -0.25) is 5.10 Å². The molecular weight excluding hydrogens is 316 g/mol. The average Bonchev–Trinajstić information content (AvgIpc) is 3.22. The Morgan fingerprint density at radius 2 is 1.88 bits per heavy atom. The van der Waals surface area contributed by atoms with E-state index < -0.39 is 0 Å². The summed E-state index contributed by atoms with van der Waals surface area (Å²) >= 11 is 0. The van der Waals surface area contributed by atoms with E-state index in [-0.39, 0.29) is 11.9 Å². The number of aromatic amines is 1. The van der Waals surface area contributed by atoms with E-state index in [2.05, 4.69) is 50.2 Å². The fourth-order valence-corrected chi connectivity index (χ4v) is 3.04. The lowest BCUT2D eigenvalue weighted by molar-refractivity contribution is 0.870. The topological polar surface area (TPSA) is 111 Å². The number of aryl methyl sites for hydroxylation is 1. The van der Waals surface area contributed by atoms with Crippen LogP contribution in [0.5, 0.6) is 0 Å². The summed E-state index contributed by atoms with van der Waals surface area (Å²) in [4.78, 5) is 12.4. The SMILES string of the molecule is Cc1cc(-c2[nH]nc(-c3cnc(N)nc3)c2C(C)C)cn2ncnc12. The zero-order valence-corrected chi connectivity index (χ0v) is 14.2. The second-order valence-corrected chi connectivity index (χ2v) is 6.29. The van der Waals surface area contributed by atoms with Crippen LogP contribution < -0.4 is 5.73 Å². The zero-order valence-electron chi connectivity index (χ0n) is 14.2. The number of hydrogen-bond donors (Lipinski definition) is 2. The molecule has 8 nitrogen and oxygen atoms in total. The summed E-state index contributed by atoms with van der Waals surface area (Å²) < 4.78 is 1.78. The molecule has 8 heteroatoms. The van der Waals surface area contributed by atoms with Gasteiger partial charge in [0.2, 0.25) is 5.95 Å². The first-order valence-electron chi connectivity index (χ1n) is 8.01. The van der Waals surface area contributed by atoms with Gasteiger partial charge in [-0.15, -0.1) is 0 Å². The molecule has 0 radical (unpaired) electrons. The maximum atomic E-state index is 5.59. The Hall–Kier alpha value is -3.29. The van der Waals surface area contributed by atoms with E-state index >= 15 is 0 Å². The van der Waals surface area contributed by atoms with Crippen LogP contribution in [0.4, 0.5) is 5.95 Å². The molecule has 25 heavy (non-hydrogen) atoms.